The predicted molar refractivity (Wildman–Crippen MR) is 78.9 cm³/mol. The molecule has 19 heavy (non-hydrogen) atoms. The highest BCUT2D eigenvalue weighted by atomic mass is 16.4. The Morgan fingerprint density at radius 1 is 1.26 bits per heavy atom. The molecule has 0 fully saturated rings. The van der Waals surface area contributed by atoms with Gasteiger partial charge < -0.3 is 20.6 Å². The number of nitrogens with zero attached hydrogens (tertiary/aromatic N) is 2. The molecule has 1 aromatic carbocycles. The Morgan fingerprint density at radius 2 is 1.95 bits per heavy atom. The van der Waals surface area contributed by atoms with Crippen LogP contribution in [0.4, 0.5) is 11.4 Å². The summed E-state index contributed by atoms with van der Waals surface area (Å²) in [5, 5.41) is 8.94. The quantitative estimate of drug-likeness (QED) is 0.735. The van der Waals surface area contributed by atoms with E-state index < -0.39 is 5.97 Å². The van der Waals surface area contributed by atoms with Crippen molar-refractivity contribution >= 4 is 17.3 Å². The van der Waals surface area contributed by atoms with Gasteiger partial charge in [-0.05, 0) is 38.7 Å². The fraction of sp³-hybridized carbons (Fsp3) is 0.500. The topological polar surface area (TPSA) is 69.8 Å². The Bertz CT molecular complexity index is 433. The number of anilines is 2. The number of hydrogen-bond acceptors (Lipinski definition) is 4. The van der Waals surface area contributed by atoms with Crippen LogP contribution in [-0.4, -0.2) is 49.7 Å². The van der Waals surface area contributed by atoms with Crippen LogP contribution in [0.2, 0.25) is 0 Å². The van der Waals surface area contributed by atoms with Gasteiger partial charge in [-0.2, -0.15) is 0 Å². The Hall–Kier alpha value is -1.75. The van der Waals surface area contributed by atoms with Crippen molar-refractivity contribution < 1.29 is 9.90 Å². The van der Waals surface area contributed by atoms with Crippen LogP contribution in [0.1, 0.15) is 23.7 Å². The summed E-state index contributed by atoms with van der Waals surface area (Å²) >= 11 is 0. The largest absolute Gasteiger partial charge is 0.478 e. The number of carboxylic acid groups (broad SMARTS) is 1. The van der Waals surface area contributed by atoms with Gasteiger partial charge in [-0.15, -0.1) is 0 Å². The summed E-state index contributed by atoms with van der Waals surface area (Å²) in [6.07, 6.45) is 1.02. The maximum atomic E-state index is 10.9. The first-order valence-corrected chi connectivity index (χ1v) is 6.48. The second-order valence-electron chi connectivity index (χ2n) is 4.87. The van der Waals surface area contributed by atoms with E-state index in [0.29, 0.717) is 5.69 Å². The van der Waals surface area contributed by atoms with Crippen LogP contribution in [0, 0.1) is 0 Å². The maximum absolute atomic E-state index is 10.9. The fourth-order valence-electron chi connectivity index (χ4n) is 1.92. The minimum atomic E-state index is -0.950. The summed E-state index contributed by atoms with van der Waals surface area (Å²) in [5.74, 6) is -0.950. The van der Waals surface area contributed by atoms with E-state index in [2.05, 4.69) is 16.7 Å². The molecule has 0 aliphatic heterocycles. The number of rotatable bonds is 7. The van der Waals surface area contributed by atoms with Crippen molar-refractivity contribution in [1.82, 2.24) is 4.90 Å². The van der Waals surface area contributed by atoms with Crippen molar-refractivity contribution in [1.29, 1.82) is 0 Å². The third-order valence-electron chi connectivity index (χ3n) is 2.93. The van der Waals surface area contributed by atoms with Gasteiger partial charge in [0.2, 0.25) is 0 Å². The molecule has 3 N–H and O–H groups in total. The highest BCUT2D eigenvalue weighted by molar-refractivity contribution is 5.90. The Labute approximate surface area is 114 Å². The lowest BCUT2D eigenvalue weighted by atomic mass is 10.1. The molecule has 5 heteroatoms. The molecule has 0 heterocycles. The van der Waals surface area contributed by atoms with Gasteiger partial charge in [0.1, 0.15) is 0 Å². The van der Waals surface area contributed by atoms with Crippen LogP contribution in [0.15, 0.2) is 18.2 Å². The van der Waals surface area contributed by atoms with Crippen molar-refractivity contribution in [3.63, 3.8) is 0 Å². The van der Waals surface area contributed by atoms with E-state index in [1.807, 2.05) is 14.1 Å². The second-order valence-corrected chi connectivity index (χ2v) is 4.87. The van der Waals surface area contributed by atoms with Crippen LogP contribution in [0.3, 0.4) is 0 Å². The molecule has 1 rings (SSSR count). The third-order valence-corrected chi connectivity index (χ3v) is 2.93. The van der Waals surface area contributed by atoms with E-state index in [1.54, 1.807) is 12.1 Å². The Morgan fingerprint density at radius 3 is 2.42 bits per heavy atom. The molecule has 0 atom stereocenters. The van der Waals surface area contributed by atoms with Gasteiger partial charge in [-0.25, -0.2) is 4.79 Å². The van der Waals surface area contributed by atoms with Crippen molar-refractivity contribution in [3.8, 4) is 0 Å². The molecular formula is C14H23N3O2. The van der Waals surface area contributed by atoms with Gasteiger partial charge in [-0.3, -0.25) is 0 Å². The molecule has 0 aliphatic rings. The van der Waals surface area contributed by atoms with E-state index in [1.165, 1.54) is 6.07 Å². The summed E-state index contributed by atoms with van der Waals surface area (Å²) in [6.45, 7) is 4.83. The fourth-order valence-corrected chi connectivity index (χ4v) is 1.92. The summed E-state index contributed by atoms with van der Waals surface area (Å²) < 4.78 is 0. The van der Waals surface area contributed by atoms with E-state index in [-0.39, 0.29) is 5.56 Å². The normalized spacial score (nSPS) is 10.7. The molecule has 0 spiro atoms. The van der Waals surface area contributed by atoms with Crippen LogP contribution in [0.5, 0.6) is 0 Å². The molecule has 0 saturated heterocycles. The molecule has 0 unspecified atom stereocenters. The predicted octanol–water partition coefficient (Wildman–Crippen LogP) is 1.75. The second kappa shape index (κ2) is 6.99. The van der Waals surface area contributed by atoms with Crippen molar-refractivity contribution in [2.75, 3.05) is 44.4 Å². The molecule has 1 aromatic rings. The lowest BCUT2D eigenvalue weighted by Crippen LogP contribution is -2.32. The van der Waals surface area contributed by atoms with Gasteiger partial charge in [0.25, 0.3) is 0 Å². The number of nitrogens with two attached hydrogens (primary N) is 1. The average molecular weight is 265 g/mol. The Kier molecular flexibility index (Phi) is 5.63. The van der Waals surface area contributed by atoms with Crippen LogP contribution in [0.25, 0.3) is 0 Å². The summed E-state index contributed by atoms with van der Waals surface area (Å²) in [7, 11) is 4.06. The molecule has 0 aliphatic carbocycles. The molecular weight excluding hydrogens is 242 g/mol. The zero-order valence-electron chi connectivity index (χ0n) is 11.9. The monoisotopic (exact) mass is 265 g/mol. The SMILES string of the molecule is CCCN(CCN(C)C)c1ccc(C(=O)O)cc1N. The molecule has 0 saturated carbocycles. The highest BCUT2D eigenvalue weighted by Crippen LogP contribution is 2.24. The minimum Gasteiger partial charge on any atom is -0.478 e. The van der Waals surface area contributed by atoms with E-state index in [4.69, 9.17) is 10.8 Å². The zero-order chi connectivity index (χ0) is 14.4. The smallest absolute Gasteiger partial charge is 0.335 e. The summed E-state index contributed by atoms with van der Waals surface area (Å²) in [4.78, 5) is 15.2. The first kappa shape index (κ1) is 15.3. The van der Waals surface area contributed by atoms with E-state index in [9.17, 15) is 4.79 Å². The number of aromatic carboxylic acids is 1. The number of likely N-dealkylation sites (N-methyl/N-ethyl adjacent to an activating group) is 1. The first-order valence-electron chi connectivity index (χ1n) is 6.48. The van der Waals surface area contributed by atoms with Gasteiger partial charge >= 0.3 is 5.97 Å². The van der Waals surface area contributed by atoms with Gasteiger partial charge in [-0.1, -0.05) is 6.92 Å². The molecule has 0 bridgehead atoms. The van der Waals surface area contributed by atoms with E-state index >= 15 is 0 Å². The molecule has 0 aromatic heterocycles. The molecule has 106 valence electrons. The molecule has 5 nitrogen and oxygen atoms in total. The number of carboxylic acids is 1. The lowest BCUT2D eigenvalue weighted by molar-refractivity contribution is 0.0697. The summed E-state index contributed by atoms with van der Waals surface area (Å²) in [6, 6.07) is 4.92. The van der Waals surface area contributed by atoms with Crippen LogP contribution < -0.4 is 10.6 Å². The molecule has 0 amide bonds. The minimum absolute atomic E-state index is 0.227. The van der Waals surface area contributed by atoms with Crippen molar-refractivity contribution in [2.45, 2.75) is 13.3 Å². The zero-order valence-corrected chi connectivity index (χ0v) is 11.9. The van der Waals surface area contributed by atoms with Gasteiger partial charge in [0, 0.05) is 19.6 Å². The van der Waals surface area contributed by atoms with E-state index in [0.717, 1.165) is 31.7 Å². The molecule has 0 radical (unpaired) electrons. The third kappa shape index (κ3) is 4.44. The van der Waals surface area contributed by atoms with Crippen molar-refractivity contribution in [3.05, 3.63) is 23.8 Å². The van der Waals surface area contributed by atoms with Gasteiger partial charge in [0.05, 0.1) is 16.9 Å². The van der Waals surface area contributed by atoms with Crippen molar-refractivity contribution in [2.24, 2.45) is 0 Å². The van der Waals surface area contributed by atoms with Gasteiger partial charge in [0.15, 0.2) is 0 Å². The summed E-state index contributed by atoms with van der Waals surface area (Å²) in [5.41, 5.74) is 7.64. The highest BCUT2D eigenvalue weighted by Gasteiger charge is 2.12. The number of carbonyl (C=O) groups is 1. The maximum Gasteiger partial charge on any atom is 0.335 e. The lowest BCUT2D eigenvalue weighted by Gasteiger charge is -2.27. The Balaban J connectivity index is 2.92. The number of benzene rings is 1. The average Bonchev–Trinajstić information content (AvgIpc) is 2.34. The number of hydrogen-bond donors (Lipinski definition) is 2. The van der Waals surface area contributed by atoms with Crippen LogP contribution in [-0.2, 0) is 0 Å². The first-order chi connectivity index (χ1) is 8.95. The number of nitrogen functional groups attached to an aromatic ring is 1. The van der Waals surface area contributed by atoms with Crippen LogP contribution >= 0.6 is 0 Å². The standard InChI is InChI=1S/C14H23N3O2/c1-4-7-17(9-8-16(2)3)13-6-5-11(14(18)19)10-12(13)15/h5-6,10H,4,7-9,15H2,1-3H3,(H,18,19).